The van der Waals surface area contributed by atoms with Crippen LogP contribution in [0.5, 0.6) is 17.4 Å². The Morgan fingerprint density at radius 3 is 2.31 bits per heavy atom. The van der Waals surface area contributed by atoms with Crippen molar-refractivity contribution in [3.05, 3.63) is 65.4 Å². The molecule has 0 spiro atoms. The lowest BCUT2D eigenvalue weighted by Gasteiger charge is -2.10. The molecule has 3 rings (SSSR count). The lowest BCUT2D eigenvalue weighted by Crippen LogP contribution is -2.09. The van der Waals surface area contributed by atoms with Crippen molar-refractivity contribution in [2.45, 2.75) is 19.9 Å². The van der Waals surface area contributed by atoms with Gasteiger partial charge in [0.25, 0.3) is 5.88 Å². The van der Waals surface area contributed by atoms with Gasteiger partial charge in [0.05, 0.1) is 20.3 Å². The van der Waals surface area contributed by atoms with Crippen molar-refractivity contribution in [1.82, 2.24) is 15.0 Å². The molecule has 29 heavy (non-hydrogen) atoms. The normalized spacial score (nSPS) is 10.4. The minimum atomic E-state index is -0.610. The van der Waals surface area contributed by atoms with Crippen molar-refractivity contribution in [2.24, 2.45) is 0 Å². The number of hydrogen-bond donors (Lipinski definition) is 0. The van der Waals surface area contributed by atoms with Crippen LogP contribution in [0.4, 0.5) is 0 Å². The van der Waals surface area contributed by atoms with Gasteiger partial charge in [-0.15, -0.1) is 5.10 Å². The van der Waals surface area contributed by atoms with Gasteiger partial charge in [-0.05, 0) is 42.3 Å². The number of benzene rings is 2. The maximum Gasteiger partial charge on any atom is 0.364 e. The average Bonchev–Trinajstić information content (AvgIpc) is 3.12. The third kappa shape index (κ3) is 4.98. The summed E-state index contributed by atoms with van der Waals surface area (Å²) in [7, 11) is 1.60. The highest BCUT2D eigenvalue weighted by Crippen LogP contribution is 2.26. The van der Waals surface area contributed by atoms with Crippen LogP contribution < -0.4 is 9.47 Å². The molecule has 0 N–H and O–H groups in total. The maximum absolute atomic E-state index is 12.3. The first-order valence-electron chi connectivity index (χ1n) is 9.08. The van der Waals surface area contributed by atoms with Gasteiger partial charge in [0.2, 0.25) is 5.69 Å². The van der Waals surface area contributed by atoms with Crippen LogP contribution in [0.3, 0.4) is 0 Å². The van der Waals surface area contributed by atoms with E-state index in [0.717, 1.165) is 23.2 Å². The van der Waals surface area contributed by atoms with Gasteiger partial charge < -0.3 is 19.0 Å². The third-order valence-electron chi connectivity index (χ3n) is 4.11. The Kier molecular flexibility index (Phi) is 6.57. The standard InChI is InChI=1S/C21H21N3O5/c1-3-28-21(26)19-20(29-18-10-4-15(5-11-18)12-13-25)24(23-22-19)14-16-6-8-17(27-2)9-7-16/h4-11,13H,3,12,14H2,1-2H3. The van der Waals surface area contributed by atoms with Gasteiger partial charge >= 0.3 is 5.97 Å². The van der Waals surface area contributed by atoms with Crippen LogP contribution in [-0.4, -0.2) is 41.0 Å². The van der Waals surface area contributed by atoms with Crippen molar-refractivity contribution in [3.8, 4) is 17.4 Å². The molecule has 0 fully saturated rings. The summed E-state index contributed by atoms with van der Waals surface area (Å²) in [6.45, 7) is 2.27. The summed E-state index contributed by atoms with van der Waals surface area (Å²) in [6, 6.07) is 14.5. The van der Waals surface area contributed by atoms with E-state index in [0.29, 0.717) is 18.7 Å². The van der Waals surface area contributed by atoms with Crippen LogP contribution in [0.25, 0.3) is 0 Å². The van der Waals surface area contributed by atoms with Crippen LogP contribution in [0.15, 0.2) is 48.5 Å². The predicted octanol–water partition coefficient (Wildman–Crippen LogP) is 3.05. The molecule has 0 radical (unpaired) electrons. The summed E-state index contributed by atoms with van der Waals surface area (Å²) in [5.74, 6) is 0.804. The van der Waals surface area contributed by atoms with Gasteiger partial charge in [0.1, 0.15) is 17.8 Å². The zero-order valence-corrected chi connectivity index (χ0v) is 16.2. The number of esters is 1. The summed E-state index contributed by atoms with van der Waals surface area (Å²) in [5.41, 5.74) is 1.79. The number of rotatable bonds is 9. The van der Waals surface area contributed by atoms with E-state index >= 15 is 0 Å². The van der Waals surface area contributed by atoms with Crippen molar-refractivity contribution >= 4 is 12.3 Å². The molecule has 0 unspecified atom stereocenters. The second-order valence-corrected chi connectivity index (χ2v) is 6.09. The van der Waals surface area contributed by atoms with Crippen molar-refractivity contribution in [3.63, 3.8) is 0 Å². The summed E-state index contributed by atoms with van der Waals surface area (Å²) >= 11 is 0. The molecule has 0 atom stereocenters. The first kappa shape index (κ1) is 20.1. The number of aromatic nitrogens is 3. The fourth-order valence-electron chi connectivity index (χ4n) is 2.64. The number of nitrogens with zero attached hydrogens (tertiary/aromatic N) is 3. The zero-order chi connectivity index (χ0) is 20.6. The lowest BCUT2D eigenvalue weighted by atomic mass is 10.2. The highest BCUT2D eigenvalue weighted by molar-refractivity contribution is 5.89. The van der Waals surface area contributed by atoms with Crippen LogP contribution in [0.2, 0.25) is 0 Å². The number of carbonyl (C=O) groups is 2. The zero-order valence-electron chi connectivity index (χ0n) is 16.2. The molecular formula is C21H21N3O5. The summed E-state index contributed by atoms with van der Waals surface area (Å²) in [5, 5.41) is 8.01. The van der Waals surface area contributed by atoms with E-state index in [1.807, 2.05) is 24.3 Å². The fraction of sp³-hybridized carbons (Fsp3) is 0.238. The van der Waals surface area contributed by atoms with Crippen LogP contribution in [0, 0.1) is 0 Å². The van der Waals surface area contributed by atoms with E-state index in [1.165, 1.54) is 4.68 Å². The number of aldehydes is 1. The maximum atomic E-state index is 12.3. The number of carbonyl (C=O) groups excluding carboxylic acids is 2. The van der Waals surface area contributed by atoms with Gasteiger partial charge in [0.15, 0.2) is 0 Å². The molecule has 8 heteroatoms. The predicted molar refractivity (Wildman–Crippen MR) is 104 cm³/mol. The average molecular weight is 395 g/mol. The van der Waals surface area contributed by atoms with Crippen LogP contribution in [-0.2, 0) is 22.5 Å². The minimum absolute atomic E-state index is 0.00247. The van der Waals surface area contributed by atoms with E-state index in [-0.39, 0.29) is 18.2 Å². The topological polar surface area (TPSA) is 92.5 Å². The van der Waals surface area contributed by atoms with Crippen LogP contribution >= 0.6 is 0 Å². The Morgan fingerprint density at radius 1 is 1.03 bits per heavy atom. The van der Waals surface area contributed by atoms with E-state index in [2.05, 4.69) is 10.3 Å². The van der Waals surface area contributed by atoms with Gasteiger partial charge in [-0.1, -0.05) is 29.5 Å². The Balaban J connectivity index is 1.89. The number of ether oxygens (including phenoxy) is 3. The summed E-state index contributed by atoms with van der Waals surface area (Å²) in [4.78, 5) is 22.9. The number of hydrogen-bond acceptors (Lipinski definition) is 7. The molecule has 1 aromatic heterocycles. The van der Waals surface area contributed by atoms with E-state index in [4.69, 9.17) is 14.2 Å². The van der Waals surface area contributed by atoms with Gasteiger partial charge in [-0.25, -0.2) is 9.48 Å². The van der Waals surface area contributed by atoms with Crippen LogP contribution in [0.1, 0.15) is 28.5 Å². The molecule has 8 nitrogen and oxygen atoms in total. The monoisotopic (exact) mass is 395 g/mol. The SMILES string of the molecule is CCOC(=O)c1nnn(Cc2ccc(OC)cc2)c1Oc1ccc(CC=O)cc1. The molecule has 3 aromatic rings. The Labute approximate surface area is 168 Å². The third-order valence-corrected chi connectivity index (χ3v) is 4.11. The molecule has 0 saturated heterocycles. The Morgan fingerprint density at radius 2 is 1.69 bits per heavy atom. The van der Waals surface area contributed by atoms with Gasteiger partial charge in [0, 0.05) is 6.42 Å². The molecule has 0 aliphatic rings. The Bertz CT molecular complexity index is 965. The van der Waals surface area contributed by atoms with Crippen molar-refractivity contribution in [2.75, 3.05) is 13.7 Å². The molecule has 0 bridgehead atoms. The van der Waals surface area contributed by atoms with Gasteiger partial charge in [-0.3, -0.25) is 0 Å². The smallest absolute Gasteiger partial charge is 0.364 e. The lowest BCUT2D eigenvalue weighted by molar-refractivity contribution is -0.107. The second kappa shape index (κ2) is 9.50. The summed E-state index contributed by atoms with van der Waals surface area (Å²) < 4.78 is 17.6. The summed E-state index contributed by atoms with van der Waals surface area (Å²) in [6.07, 6.45) is 1.16. The molecule has 2 aromatic carbocycles. The first-order valence-corrected chi connectivity index (χ1v) is 9.08. The molecule has 0 aliphatic carbocycles. The van der Waals surface area contributed by atoms with Crippen molar-refractivity contribution < 1.29 is 23.8 Å². The van der Waals surface area contributed by atoms with E-state index < -0.39 is 5.97 Å². The molecule has 150 valence electrons. The highest BCUT2D eigenvalue weighted by Gasteiger charge is 2.23. The Hall–Kier alpha value is -3.68. The molecule has 0 amide bonds. The fourth-order valence-corrected chi connectivity index (χ4v) is 2.64. The number of methoxy groups -OCH3 is 1. The molecule has 0 saturated carbocycles. The molecular weight excluding hydrogens is 374 g/mol. The van der Waals surface area contributed by atoms with Crippen molar-refractivity contribution in [1.29, 1.82) is 0 Å². The van der Waals surface area contributed by atoms with Gasteiger partial charge in [-0.2, -0.15) is 0 Å². The highest BCUT2D eigenvalue weighted by atomic mass is 16.5. The second-order valence-electron chi connectivity index (χ2n) is 6.09. The quantitative estimate of drug-likeness (QED) is 0.406. The molecule has 0 aliphatic heterocycles. The largest absolute Gasteiger partial charge is 0.497 e. The van der Waals surface area contributed by atoms with E-state index in [1.54, 1.807) is 38.3 Å². The molecule has 1 heterocycles. The van der Waals surface area contributed by atoms with E-state index in [9.17, 15) is 9.59 Å². The minimum Gasteiger partial charge on any atom is -0.497 e. The first-order chi connectivity index (χ1) is 14.1.